The summed E-state index contributed by atoms with van der Waals surface area (Å²) in [5.41, 5.74) is 6.11. The number of aliphatic hydroxyl groups is 1. The molecule has 9 heteroatoms. The molecule has 4 aromatic rings. The van der Waals surface area contributed by atoms with Crippen LogP contribution in [0.5, 0.6) is 0 Å². The summed E-state index contributed by atoms with van der Waals surface area (Å²) in [7, 11) is 2.18. The van der Waals surface area contributed by atoms with Crippen molar-refractivity contribution < 1.29 is 5.11 Å². The van der Waals surface area contributed by atoms with Crippen molar-refractivity contribution in [1.29, 1.82) is 0 Å². The zero-order valence-corrected chi connectivity index (χ0v) is 23.6. The summed E-state index contributed by atoms with van der Waals surface area (Å²) in [6, 6.07) is 8.32. The zero-order chi connectivity index (χ0) is 28.3. The lowest BCUT2D eigenvalue weighted by molar-refractivity contribution is 0.0306. The molecule has 2 aliphatic carbocycles. The number of allylic oxidation sites excluding steroid dienone is 3. The Balaban J connectivity index is 1.33. The average molecular weight is 550 g/mol. The predicted molar refractivity (Wildman–Crippen MR) is 160 cm³/mol. The number of anilines is 2. The molecule has 0 saturated heterocycles. The van der Waals surface area contributed by atoms with Gasteiger partial charge in [-0.2, -0.15) is 4.98 Å². The number of pyridine rings is 1. The van der Waals surface area contributed by atoms with Gasteiger partial charge in [0.2, 0.25) is 5.95 Å². The Hall–Kier alpha value is -4.08. The third kappa shape index (κ3) is 4.22. The number of nitrogens with one attached hydrogen (secondary N) is 1. The number of hydrogen-bond acceptors (Lipinski definition) is 7. The van der Waals surface area contributed by atoms with E-state index in [1.54, 1.807) is 21.6 Å². The number of likely N-dealkylation sites (N-methyl/N-ethyl adjacent to an activating group) is 1. The zero-order valence-electron chi connectivity index (χ0n) is 23.6. The highest BCUT2D eigenvalue weighted by molar-refractivity contribution is 5.77. The largest absolute Gasteiger partial charge is 0.384 e. The van der Waals surface area contributed by atoms with E-state index in [1.165, 1.54) is 16.7 Å². The van der Waals surface area contributed by atoms with Gasteiger partial charge in [0.1, 0.15) is 11.0 Å². The monoisotopic (exact) mass is 549 g/mol. The van der Waals surface area contributed by atoms with Crippen LogP contribution in [0, 0.1) is 0 Å². The summed E-state index contributed by atoms with van der Waals surface area (Å²) in [6.07, 6.45) is 11.8. The molecule has 0 saturated carbocycles. The number of rotatable bonds is 6. The standard InChI is InChI=1S/C32H35N7O2/c1-4-14-38-30(40)25-17-33-31(34-24-15-21-8-6-7-9-22-18-37(3)19-23(16-24)27(21)22)36-29(25)39(38)26-11-10-20-12-13-32(41,5-2)28(20)35-26/h4,6-7,10-11,15-17,22,41H,1,5,8-9,12-14,18-19H2,2-3H3,(H,33,34,36). The Kier molecular flexibility index (Phi) is 6.17. The molecule has 0 spiro atoms. The van der Waals surface area contributed by atoms with Crippen molar-refractivity contribution >= 4 is 22.7 Å². The minimum atomic E-state index is -0.965. The number of nitrogens with zero attached hydrogens (tertiary/aromatic N) is 6. The normalized spacial score (nSPS) is 21.5. The third-order valence-corrected chi connectivity index (χ3v) is 8.91. The fourth-order valence-corrected chi connectivity index (χ4v) is 6.90. The first-order chi connectivity index (χ1) is 19.9. The Morgan fingerprint density at radius 3 is 2.88 bits per heavy atom. The van der Waals surface area contributed by atoms with Crippen LogP contribution in [0.3, 0.4) is 0 Å². The molecular weight excluding hydrogens is 514 g/mol. The molecular formula is C32H35N7O2. The molecule has 2 unspecified atom stereocenters. The molecule has 0 bridgehead atoms. The van der Waals surface area contributed by atoms with Crippen molar-refractivity contribution in [3.63, 3.8) is 0 Å². The van der Waals surface area contributed by atoms with E-state index in [1.807, 2.05) is 19.1 Å². The van der Waals surface area contributed by atoms with Gasteiger partial charge in [0, 0.05) is 30.9 Å². The number of fused-ring (bicyclic) bond motifs is 2. The van der Waals surface area contributed by atoms with Crippen molar-refractivity contribution in [2.75, 3.05) is 18.9 Å². The van der Waals surface area contributed by atoms with Crippen LogP contribution in [0.2, 0.25) is 0 Å². The maximum atomic E-state index is 13.4. The van der Waals surface area contributed by atoms with Crippen LogP contribution in [0.4, 0.5) is 11.6 Å². The fraction of sp³-hybridized carbons (Fsp3) is 0.375. The van der Waals surface area contributed by atoms with Gasteiger partial charge in [-0.25, -0.2) is 19.3 Å². The van der Waals surface area contributed by atoms with Crippen LogP contribution in [0.15, 0.2) is 60.1 Å². The van der Waals surface area contributed by atoms with E-state index < -0.39 is 5.60 Å². The topological polar surface area (TPSA) is 101 Å². The highest BCUT2D eigenvalue weighted by atomic mass is 16.3. The minimum Gasteiger partial charge on any atom is -0.384 e. The van der Waals surface area contributed by atoms with Crippen LogP contribution in [0.25, 0.3) is 16.9 Å². The lowest BCUT2D eigenvalue weighted by Gasteiger charge is -2.33. The molecule has 2 N–H and O–H groups in total. The van der Waals surface area contributed by atoms with E-state index in [2.05, 4.69) is 53.1 Å². The summed E-state index contributed by atoms with van der Waals surface area (Å²) in [6.45, 7) is 8.09. The summed E-state index contributed by atoms with van der Waals surface area (Å²) in [4.78, 5) is 30.1. The summed E-state index contributed by atoms with van der Waals surface area (Å²) in [5, 5.41) is 15.0. The van der Waals surface area contributed by atoms with Crippen LogP contribution in [0.1, 0.15) is 60.1 Å². The second-order valence-electron chi connectivity index (χ2n) is 11.6. The quantitative estimate of drug-likeness (QED) is 0.342. The molecule has 4 heterocycles. The van der Waals surface area contributed by atoms with E-state index in [-0.39, 0.29) is 12.1 Å². The smallest absolute Gasteiger partial charge is 0.278 e. The van der Waals surface area contributed by atoms with Gasteiger partial charge in [-0.15, -0.1) is 6.58 Å². The molecule has 41 heavy (non-hydrogen) atoms. The first kappa shape index (κ1) is 25.9. The average Bonchev–Trinajstić information content (AvgIpc) is 3.34. The van der Waals surface area contributed by atoms with Crippen LogP contribution in [-0.4, -0.2) is 47.9 Å². The Morgan fingerprint density at radius 2 is 2.05 bits per heavy atom. The Morgan fingerprint density at radius 1 is 1.20 bits per heavy atom. The molecule has 7 rings (SSSR count). The molecule has 1 aliphatic heterocycles. The second-order valence-corrected chi connectivity index (χ2v) is 11.6. The highest BCUT2D eigenvalue weighted by Crippen LogP contribution is 2.39. The number of aryl methyl sites for hydroxylation is 1. The van der Waals surface area contributed by atoms with Gasteiger partial charge in [-0.05, 0) is 79.6 Å². The van der Waals surface area contributed by atoms with Gasteiger partial charge in [-0.3, -0.25) is 4.79 Å². The van der Waals surface area contributed by atoms with E-state index in [4.69, 9.17) is 9.97 Å². The van der Waals surface area contributed by atoms with E-state index in [0.29, 0.717) is 47.3 Å². The van der Waals surface area contributed by atoms with Gasteiger partial charge in [0.05, 0.1) is 12.2 Å². The maximum absolute atomic E-state index is 13.4. The SMILES string of the molecule is C=CCn1c(=O)c2cnc(Nc3cc4c5c(c3)CN(C)CC5CC=CC4)nc2n1-c1ccc2c(n1)C(O)(CC)CC2. The van der Waals surface area contributed by atoms with Crippen molar-refractivity contribution in [2.45, 2.75) is 63.6 Å². The molecule has 2 atom stereocenters. The van der Waals surface area contributed by atoms with Crippen molar-refractivity contribution in [3.8, 4) is 5.82 Å². The minimum absolute atomic E-state index is 0.213. The number of aromatic nitrogens is 5. The van der Waals surface area contributed by atoms with Crippen molar-refractivity contribution in [1.82, 2.24) is 29.2 Å². The van der Waals surface area contributed by atoms with Crippen LogP contribution < -0.4 is 10.9 Å². The van der Waals surface area contributed by atoms with Crippen LogP contribution in [-0.2, 0) is 31.5 Å². The van der Waals surface area contributed by atoms with Gasteiger partial charge < -0.3 is 15.3 Å². The van der Waals surface area contributed by atoms with Crippen molar-refractivity contribution in [3.05, 3.63) is 93.6 Å². The van der Waals surface area contributed by atoms with E-state index in [9.17, 15) is 9.90 Å². The lowest BCUT2D eigenvalue weighted by Crippen LogP contribution is -2.30. The van der Waals surface area contributed by atoms with Gasteiger partial charge in [0.25, 0.3) is 5.56 Å². The second kappa shape index (κ2) is 9.78. The molecule has 0 fully saturated rings. The van der Waals surface area contributed by atoms with E-state index in [0.717, 1.165) is 43.6 Å². The molecule has 0 amide bonds. The number of benzene rings is 1. The first-order valence-electron chi connectivity index (χ1n) is 14.5. The third-order valence-electron chi connectivity index (χ3n) is 8.91. The van der Waals surface area contributed by atoms with E-state index >= 15 is 0 Å². The molecule has 3 aliphatic rings. The first-order valence-corrected chi connectivity index (χ1v) is 14.5. The fourth-order valence-electron chi connectivity index (χ4n) is 6.90. The molecule has 210 valence electrons. The van der Waals surface area contributed by atoms with Crippen LogP contribution >= 0.6 is 0 Å². The Bertz CT molecular complexity index is 1790. The van der Waals surface area contributed by atoms with Gasteiger partial charge in [0.15, 0.2) is 11.5 Å². The molecule has 1 aromatic carbocycles. The Labute approximate surface area is 238 Å². The molecule has 0 radical (unpaired) electrons. The van der Waals surface area contributed by atoms with Gasteiger partial charge in [-0.1, -0.05) is 31.2 Å². The summed E-state index contributed by atoms with van der Waals surface area (Å²) >= 11 is 0. The summed E-state index contributed by atoms with van der Waals surface area (Å²) in [5.74, 6) is 1.46. The maximum Gasteiger partial charge on any atom is 0.278 e. The molecule has 3 aromatic heterocycles. The summed E-state index contributed by atoms with van der Waals surface area (Å²) < 4.78 is 3.30. The predicted octanol–water partition coefficient (Wildman–Crippen LogP) is 4.48. The van der Waals surface area contributed by atoms with Gasteiger partial charge >= 0.3 is 0 Å². The lowest BCUT2D eigenvalue weighted by atomic mass is 9.84. The van der Waals surface area contributed by atoms with Crippen molar-refractivity contribution in [2.24, 2.45) is 0 Å². The number of hydrogen-bond donors (Lipinski definition) is 2. The molecule has 9 nitrogen and oxygen atoms in total. The highest BCUT2D eigenvalue weighted by Gasteiger charge is 2.37.